The lowest BCUT2D eigenvalue weighted by Gasteiger charge is -2.44. The first-order valence-electron chi connectivity index (χ1n) is 14.1. The summed E-state index contributed by atoms with van der Waals surface area (Å²) in [7, 11) is 0. The Morgan fingerprint density at radius 2 is 1.39 bits per heavy atom. The molecule has 0 aliphatic rings. The smallest absolute Gasteiger partial charge is 0.460 e. The van der Waals surface area contributed by atoms with E-state index in [2.05, 4.69) is 4.98 Å². The zero-order valence-electron chi connectivity index (χ0n) is 25.7. The molecule has 0 aliphatic carbocycles. The van der Waals surface area contributed by atoms with Crippen LogP contribution in [-0.2, 0) is 10.2 Å². The van der Waals surface area contributed by atoms with Crippen molar-refractivity contribution in [3.05, 3.63) is 89.7 Å². The van der Waals surface area contributed by atoms with E-state index in [0.29, 0.717) is 5.56 Å². The molecule has 0 radical (unpaired) electrons. The molecule has 2 atom stereocenters. The summed E-state index contributed by atoms with van der Waals surface area (Å²) in [6.07, 6.45) is -7.29. The maximum absolute atomic E-state index is 15.4. The molecule has 4 nitrogen and oxygen atoms in total. The third kappa shape index (κ3) is 7.60. The fourth-order valence-electron chi connectivity index (χ4n) is 5.15. The largest absolute Gasteiger partial charge is 0.493 e. The van der Waals surface area contributed by atoms with Crippen molar-refractivity contribution in [1.29, 1.82) is 0 Å². The van der Waals surface area contributed by atoms with Crippen LogP contribution in [0, 0.1) is 25.2 Å². The molecule has 13 heteroatoms. The van der Waals surface area contributed by atoms with Crippen molar-refractivity contribution < 1.29 is 53.8 Å². The van der Waals surface area contributed by atoms with Gasteiger partial charge in [-0.25, -0.2) is 0 Å². The SMILES string of the molecule is Cc1ccc(C)c(OCC(CC(C)(C)C(=O)Oc2ccccc2)C(C)(CC(F)(F)C(F)(F)C(F)(F)C(F)(F)F)c2ccncc2)c1. The van der Waals surface area contributed by atoms with Crippen molar-refractivity contribution in [2.75, 3.05) is 6.61 Å². The quantitative estimate of drug-likeness (QED) is 0.104. The Hall–Kier alpha value is -3.77. The summed E-state index contributed by atoms with van der Waals surface area (Å²) < 4.78 is 139. The van der Waals surface area contributed by atoms with E-state index in [1.807, 2.05) is 0 Å². The Morgan fingerprint density at radius 1 is 0.804 bits per heavy atom. The molecule has 0 saturated heterocycles. The van der Waals surface area contributed by atoms with Gasteiger partial charge in [-0.2, -0.15) is 39.5 Å². The second-order valence-electron chi connectivity index (χ2n) is 12.2. The molecule has 2 aromatic carbocycles. The number of rotatable bonds is 13. The molecule has 0 saturated carbocycles. The highest BCUT2D eigenvalue weighted by Crippen LogP contribution is 2.57. The molecular weight excluding hydrogens is 629 g/mol. The number of carbonyl (C=O) groups excluding carboxylic acids is 1. The molecule has 3 aromatic rings. The fourth-order valence-corrected chi connectivity index (χ4v) is 5.15. The molecule has 1 aromatic heterocycles. The summed E-state index contributed by atoms with van der Waals surface area (Å²) in [6, 6.07) is 15.3. The van der Waals surface area contributed by atoms with Gasteiger partial charge in [0.1, 0.15) is 11.5 Å². The fraction of sp³-hybridized carbons (Fsp3) is 0.455. The molecule has 2 unspecified atom stereocenters. The predicted molar refractivity (Wildman–Crippen MR) is 152 cm³/mol. The van der Waals surface area contributed by atoms with E-state index in [4.69, 9.17) is 9.47 Å². The van der Waals surface area contributed by atoms with Crippen LogP contribution in [0.2, 0.25) is 0 Å². The van der Waals surface area contributed by atoms with Crippen molar-refractivity contribution in [3.63, 3.8) is 0 Å². The van der Waals surface area contributed by atoms with Crippen molar-refractivity contribution in [2.45, 2.75) is 76.8 Å². The number of alkyl halides is 9. The first-order chi connectivity index (χ1) is 21.0. The van der Waals surface area contributed by atoms with Gasteiger partial charge in [-0.1, -0.05) is 37.3 Å². The summed E-state index contributed by atoms with van der Waals surface area (Å²) >= 11 is 0. The summed E-state index contributed by atoms with van der Waals surface area (Å²) in [5, 5.41) is 0. The highest BCUT2D eigenvalue weighted by molar-refractivity contribution is 5.78. The molecular formula is C33H34F9NO3. The predicted octanol–water partition coefficient (Wildman–Crippen LogP) is 9.53. The van der Waals surface area contributed by atoms with Crippen LogP contribution in [0.3, 0.4) is 0 Å². The molecule has 0 bridgehead atoms. The lowest BCUT2D eigenvalue weighted by Crippen LogP contribution is -2.62. The Kier molecular flexibility index (Phi) is 10.5. The summed E-state index contributed by atoms with van der Waals surface area (Å²) in [4.78, 5) is 17.1. The number of esters is 1. The Morgan fingerprint density at radius 3 is 1.96 bits per heavy atom. The Bertz CT molecular complexity index is 1480. The molecule has 0 N–H and O–H groups in total. The minimum absolute atomic E-state index is 0.130. The van der Waals surface area contributed by atoms with Crippen LogP contribution in [0.1, 0.15) is 50.3 Å². The number of hydrogen-bond donors (Lipinski definition) is 0. The van der Waals surface area contributed by atoms with Gasteiger partial charge in [0.2, 0.25) is 0 Å². The molecule has 252 valence electrons. The van der Waals surface area contributed by atoms with E-state index >= 15 is 8.78 Å². The average Bonchev–Trinajstić information content (AvgIpc) is 2.96. The monoisotopic (exact) mass is 663 g/mol. The molecule has 0 aliphatic heterocycles. The van der Waals surface area contributed by atoms with Crippen molar-refractivity contribution >= 4 is 5.97 Å². The number of carbonyl (C=O) groups is 1. The third-order valence-corrected chi connectivity index (χ3v) is 8.09. The first kappa shape index (κ1) is 36.7. The first-order valence-corrected chi connectivity index (χ1v) is 14.1. The van der Waals surface area contributed by atoms with Crippen LogP contribution in [0.15, 0.2) is 73.1 Å². The van der Waals surface area contributed by atoms with Gasteiger partial charge in [-0.3, -0.25) is 9.78 Å². The molecule has 0 spiro atoms. The van der Waals surface area contributed by atoms with Crippen LogP contribution in [0.5, 0.6) is 11.5 Å². The number of aromatic nitrogens is 1. The minimum Gasteiger partial charge on any atom is -0.493 e. The third-order valence-electron chi connectivity index (χ3n) is 8.09. The van der Waals surface area contributed by atoms with E-state index in [0.717, 1.165) is 37.0 Å². The number of nitrogens with zero attached hydrogens (tertiary/aromatic N) is 1. The highest BCUT2D eigenvalue weighted by Gasteiger charge is 2.82. The molecule has 1 heterocycles. The van der Waals surface area contributed by atoms with Crippen molar-refractivity contribution in [1.82, 2.24) is 4.98 Å². The van der Waals surface area contributed by atoms with Crippen molar-refractivity contribution in [2.24, 2.45) is 11.3 Å². The van der Waals surface area contributed by atoms with Gasteiger partial charge in [-0.05, 0) is 81.1 Å². The zero-order valence-corrected chi connectivity index (χ0v) is 25.7. The van der Waals surface area contributed by atoms with E-state index in [-0.39, 0.29) is 17.1 Å². The van der Waals surface area contributed by atoms with Crippen LogP contribution < -0.4 is 9.47 Å². The second kappa shape index (κ2) is 13.2. The van der Waals surface area contributed by atoms with E-state index in [1.54, 1.807) is 50.2 Å². The number of para-hydroxylation sites is 1. The van der Waals surface area contributed by atoms with Gasteiger partial charge in [-0.15, -0.1) is 0 Å². The average molecular weight is 664 g/mol. The van der Waals surface area contributed by atoms with E-state index in [1.165, 1.54) is 26.0 Å². The van der Waals surface area contributed by atoms with Crippen LogP contribution >= 0.6 is 0 Å². The number of hydrogen-bond acceptors (Lipinski definition) is 4. The minimum atomic E-state index is -7.06. The van der Waals surface area contributed by atoms with Gasteiger partial charge < -0.3 is 9.47 Å². The number of halogens is 9. The highest BCUT2D eigenvalue weighted by atomic mass is 19.4. The summed E-state index contributed by atoms with van der Waals surface area (Å²) in [6.45, 7) is 6.75. The lowest BCUT2D eigenvalue weighted by molar-refractivity contribution is -0.398. The van der Waals surface area contributed by atoms with Gasteiger partial charge in [0.05, 0.1) is 12.0 Å². The number of benzene rings is 2. The normalized spacial score (nSPS) is 15.2. The Labute approximate surface area is 260 Å². The van der Waals surface area contributed by atoms with Crippen LogP contribution in [0.4, 0.5) is 39.5 Å². The van der Waals surface area contributed by atoms with E-state index < -0.39 is 66.1 Å². The lowest BCUT2D eigenvalue weighted by atomic mass is 9.63. The number of aryl methyl sites for hydroxylation is 2. The molecule has 0 fully saturated rings. The molecule has 46 heavy (non-hydrogen) atoms. The van der Waals surface area contributed by atoms with Gasteiger partial charge >= 0.3 is 29.9 Å². The standard InChI is InChI=1S/C33H34F9NO3/c1-21-11-12-22(2)26(17-21)45-19-24(18-28(3,4)27(44)46-25-9-7-6-8-10-25)29(5,23-13-15-43-16-14-23)20-30(34,35)31(36,37)32(38,39)33(40,41)42/h6-17,24H,18-20H2,1-5H3. The zero-order chi connectivity index (χ0) is 34.8. The van der Waals surface area contributed by atoms with Gasteiger partial charge in [0.25, 0.3) is 0 Å². The van der Waals surface area contributed by atoms with Crippen LogP contribution in [-0.4, -0.2) is 41.5 Å². The van der Waals surface area contributed by atoms with Crippen molar-refractivity contribution in [3.8, 4) is 11.5 Å². The summed E-state index contributed by atoms with van der Waals surface area (Å²) in [5.74, 6) is -21.6. The van der Waals surface area contributed by atoms with Gasteiger partial charge in [0.15, 0.2) is 0 Å². The maximum Gasteiger partial charge on any atom is 0.460 e. The van der Waals surface area contributed by atoms with Gasteiger partial charge in [0, 0.05) is 30.1 Å². The van der Waals surface area contributed by atoms with E-state index in [9.17, 15) is 35.5 Å². The molecule has 3 rings (SSSR count). The van der Waals surface area contributed by atoms with Crippen LogP contribution in [0.25, 0.3) is 0 Å². The summed E-state index contributed by atoms with van der Waals surface area (Å²) in [5.41, 5.74) is -2.59. The molecule has 0 amide bonds. The second-order valence-corrected chi connectivity index (χ2v) is 12.2. The maximum atomic E-state index is 15.4. The number of ether oxygens (including phenoxy) is 2. The Balaban J connectivity index is 2.15. The number of pyridine rings is 1. The topological polar surface area (TPSA) is 48.4 Å².